The van der Waals surface area contributed by atoms with Crippen LogP contribution in [-0.2, 0) is 4.79 Å². The molecule has 1 amide bonds. The molecule has 0 aromatic rings. The molecule has 1 fully saturated rings. The number of nitrogens with zero attached hydrogens (tertiary/aromatic N) is 1. The van der Waals surface area contributed by atoms with Gasteiger partial charge >= 0.3 is 0 Å². The van der Waals surface area contributed by atoms with Crippen LogP contribution in [0.1, 0.15) is 40.5 Å². The first kappa shape index (κ1) is 10.8. The van der Waals surface area contributed by atoms with Gasteiger partial charge in [0.25, 0.3) is 0 Å². The van der Waals surface area contributed by atoms with Gasteiger partial charge in [0.2, 0.25) is 5.91 Å². The van der Waals surface area contributed by atoms with E-state index >= 15 is 0 Å². The van der Waals surface area contributed by atoms with E-state index < -0.39 is 0 Å². The van der Waals surface area contributed by atoms with Crippen LogP contribution in [0.15, 0.2) is 0 Å². The van der Waals surface area contributed by atoms with E-state index in [-0.39, 0.29) is 22.9 Å². The van der Waals surface area contributed by atoms with Gasteiger partial charge in [-0.3, -0.25) is 4.79 Å². The molecule has 1 aliphatic rings. The van der Waals surface area contributed by atoms with Crippen molar-refractivity contribution in [2.75, 3.05) is 5.88 Å². The molecule has 0 N–H and O–H groups in total. The molecule has 0 atom stereocenters. The second kappa shape index (κ2) is 3.16. The minimum absolute atomic E-state index is 0.0323. The summed E-state index contributed by atoms with van der Waals surface area (Å²) in [5.41, 5.74) is -0.0645. The van der Waals surface area contributed by atoms with E-state index in [0.717, 1.165) is 12.8 Å². The lowest BCUT2D eigenvalue weighted by Crippen LogP contribution is -2.52. The Labute approximate surface area is 85.2 Å². The number of likely N-dealkylation sites (tertiary alicyclic amines) is 1. The third kappa shape index (κ3) is 1.83. The lowest BCUT2D eigenvalue weighted by molar-refractivity contribution is -0.136. The fourth-order valence-electron chi connectivity index (χ4n) is 2.39. The highest BCUT2D eigenvalue weighted by Crippen LogP contribution is 2.40. The second-order valence-corrected chi connectivity index (χ2v) is 5.25. The van der Waals surface area contributed by atoms with Crippen molar-refractivity contribution in [1.82, 2.24) is 4.90 Å². The van der Waals surface area contributed by atoms with Crippen LogP contribution in [0.5, 0.6) is 0 Å². The van der Waals surface area contributed by atoms with Gasteiger partial charge in [-0.25, -0.2) is 0 Å². The van der Waals surface area contributed by atoms with E-state index in [1.165, 1.54) is 0 Å². The molecule has 2 nitrogen and oxygen atoms in total. The smallest absolute Gasteiger partial charge is 0.238 e. The Bertz CT molecular complexity index is 207. The van der Waals surface area contributed by atoms with Gasteiger partial charge in [0.15, 0.2) is 0 Å². The number of hydrogen-bond donors (Lipinski definition) is 0. The molecule has 1 saturated heterocycles. The molecule has 0 aromatic carbocycles. The summed E-state index contributed by atoms with van der Waals surface area (Å²) in [6.45, 7) is 8.41. The Hall–Kier alpha value is -0.240. The van der Waals surface area contributed by atoms with Crippen molar-refractivity contribution >= 4 is 17.5 Å². The van der Waals surface area contributed by atoms with Gasteiger partial charge in [-0.1, -0.05) is 0 Å². The third-order valence-electron chi connectivity index (χ3n) is 2.92. The zero-order valence-corrected chi connectivity index (χ0v) is 9.61. The zero-order valence-electron chi connectivity index (χ0n) is 8.85. The molecule has 0 radical (unpaired) electrons. The SMILES string of the molecule is CC1(C)CCC(C)(C)N1C(=O)CCl. The molecule has 1 aliphatic heterocycles. The molecule has 3 heteroatoms. The molecular weight excluding hydrogens is 186 g/mol. The Kier molecular flexibility index (Phi) is 2.63. The molecule has 1 rings (SSSR count). The summed E-state index contributed by atoms with van der Waals surface area (Å²) >= 11 is 5.60. The van der Waals surface area contributed by atoms with Gasteiger partial charge in [-0.05, 0) is 40.5 Å². The maximum Gasteiger partial charge on any atom is 0.238 e. The molecular formula is C10H18ClNO. The summed E-state index contributed by atoms with van der Waals surface area (Å²) in [4.78, 5) is 13.6. The number of rotatable bonds is 1. The highest BCUT2D eigenvalue weighted by atomic mass is 35.5. The zero-order chi connectivity index (χ0) is 10.3. The minimum Gasteiger partial charge on any atom is -0.331 e. The van der Waals surface area contributed by atoms with Crippen LogP contribution >= 0.6 is 11.6 Å². The average Bonchev–Trinajstić information content (AvgIpc) is 2.20. The van der Waals surface area contributed by atoms with Crippen molar-refractivity contribution in [3.8, 4) is 0 Å². The van der Waals surface area contributed by atoms with E-state index in [1.54, 1.807) is 0 Å². The molecule has 0 aromatic heterocycles. The van der Waals surface area contributed by atoms with E-state index in [2.05, 4.69) is 27.7 Å². The van der Waals surface area contributed by atoms with Crippen LogP contribution in [0, 0.1) is 0 Å². The highest BCUT2D eigenvalue weighted by molar-refractivity contribution is 6.27. The summed E-state index contributed by atoms with van der Waals surface area (Å²) in [6, 6.07) is 0. The number of carbonyl (C=O) groups is 1. The van der Waals surface area contributed by atoms with E-state index in [1.807, 2.05) is 4.90 Å². The van der Waals surface area contributed by atoms with Crippen LogP contribution in [-0.4, -0.2) is 27.8 Å². The van der Waals surface area contributed by atoms with Gasteiger partial charge in [-0.15, -0.1) is 11.6 Å². The predicted octanol–water partition coefficient (Wildman–Crippen LogP) is 2.40. The van der Waals surface area contributed by atoms with Gasteiger partial charge in [0.05, 0.1) is 0 Å². The van der Waals surface area contributed by atoms with Gasteiger partial charge in [0, 0.05) is 11.1 Å². The Balaban J connectivity index is 2.94. The van der Waals surface area contributed by atoms with Crippen LogP contribution < -0.4 is 0 Å². The van der Waals surface area contributed by atoms with Gasteiger partial charge < -0.3 is 4.90 Å². The average molecular weight is 204 g/mol. The molecule has 0 saturated carbocycles. The maximum absolute atomic E-state index is 11.6. The number of halogens is 1. The van der Waals surface area contributed by atoms with Crippen LogP contribution in [0.3, 0.4) is 0 Å². The summed E-state index contributed by atoms with van der Waals surface area (Å²) in [5, 5.41) is 0. The summed E-state index contributed by atoms with van der Waals surface area (Å²) in [6.07, 6.45) is 2.12. The second-order valence-electron chi connectivity index (χ2n) is 4.99. The van der Waals surface area contributed by atoms with Crippen LogP contribution in [0.4, 0.5) is 0 Å². The lowest BCUT2D eigenvalue weighted by Gasteiger charge is -2.40. The van der Waals surface area contributed by atoms with Gasteiger partial charge in [-0.2, -0.15) is 0 Å². The molecule has 0 bridgehead atoms. The molecule has 0 aliphatic carbocycles. The summed E-state index contributed by atoms with van der Waals surface area (Å²) in [5.74, 6) is 0.140. The lowest BCUT2D eigenvalue weighted by atomic mass is 10.0. The Morgan fingerprint density at radius 1 is 1.23 bits per heavy atom. The van der Waals surface area contributed by atoms with Crippen molar-refractivity contribution in [3.63, 3.8) is 0 Å². The molecule has 0 spiro atoms. The quantitative estimate of drug-likeness (QED) is 0.600. The number of hydrogen-bond acceptors (Lipinski definition) is 1. The molecule has 0 unspecified atom stereocenters. The Morgan fingerprint density at radius 2 is 1.62 bits per heavy atom. The van der Waals surface area contributed by atoms with Crippen LogP contribution in [0.2, 0.25) is 0 Å². The van der Waals surface area contributed by atoms with Gasteiger partial charge in [0.1, 0.15) is 5.88 Å². The van der Waals surface area contributed by atoms with Crippen molar-refractivity contribution in [2.45, 2.75) is 51.6 Å². The predicted molar refractivity (Wildman–Crippen MR) is 55.0 cm³/mol. The number of alkyl halides is 1. The fraction of sp³-hybridized carbons (Fsp3) is 0.900. The molecule has 13 heavy (non-hydrogen) atoms. The third-order valence-corrected chi connectivity index (χ3v) is 3.15. The highest BCUT2D eigenvalue weighted by Gasteiger charge is 2.46. The van der Waals surface area contributed by atoms with Crippen LogP contribution in [0.25, 0.3) is 0 Å². The summed E-state index contributed by atoms with van der Waals surface area (Å²) < 4.78 is 0. The minimum atomic E-state index is -0.0323. The number of carbonyl (C=O) groups excluding carboxylic acids is 1. The standard InChI is InChI=1S/C10H18ClNO/c1-9(2)5-6-10(3,4)12(9)8(13)7-11/h5-7H2,1-4H3. The first-order chi connectivity index (χ1) is 5.81. The number of amides is 1. The largest absolute Gasteiger partial charge is 0.331 e. The van der Waals surface area contributed by atoms with E-state index in [9.17, 15) is 4.79 Å². The van der Waals surface area contributed by atoms with Crippen molar-refractivity contribution in [1.29, 1.82) is 0 Å². The van der Waals surface area contributed by atoms with E-state index in [0.29, 0.717) is 0 Å². The first-order valence-corrected chi connectivity index (χ1v) is 5.24. The first-order valence-electron chi connectivity index (χ1n) is 4.70. The van der Waals surface area contributed by atoms with Crippen molar-refractivity contribution < 1.29 is 4.79 Å². The Morgan fingerprint density at radius 3 is 1.92 bits per heavy atom. The maximum atomic E-state index is 11.6. The molecule has 76 valence electrons. The van der Waals surface area contributed by atoms with Crippen molar-refractivity contribution in [2.24, 2.45) is 0 Å². The fourth-order valence-corrected chi connectivity index (χ4v) is 2.51. The molecule has 1 heterocycles. The monoisotopic (exact) mass is 203 g/mol. The van der Waals surface area contributed by atoms with E-state index in [4.69, 9.17) is 11.6 Å². The normalized spacial score (nSPS) is 24.8. The topological polar surface area (TPSA) is 20.3 Å². The summed E-state index contributed by atoms with van der Waals surface area (Å²) in [7, 11) is 0. The van der Waals surface area contributed by atoms with Crippen molar-refractivity contribution in [3.05, 3.63) is 0 Å².